The lowest BCUT2D eigenvalue weighted by Gasteiger charge is -2.22. The zero-order valence-corrected chi connectivity index (χ0v) is 13.6. The van der Waals surface area contributed by atoms with Gasteiger partial charge in [-0.2, -0.15) is 0 Å². The number of anilines is 1. The highest BCUT2D eigenvalue weighted by Gasteiger charge is 2.35. The average Bonchev–Trinajstić information content (AvgIpc) is 3.09. The lowest BCUT2D eigenvalue weighted by molar-refractivity contribution is 0.714. The Kier molecular flexibility index (Phi) is 3.23. The van der Waals surface area contributed by atoms with E-state index in [9.17, 15) is 0 Å². The highest BCUT2D eigenvalue weighted by Crippen LogP contribution is 2.50. The van der Waals surface area contributed by atoms with Gasteiger partial charge in [0.25, 0.3) is 0 Å². The molecule has 0 saturated carbocycles. The van der Waals surface area contributed by atoms with Crippen LogP contribution >= 0.6 is 0 Å². The first-order valence-electron chi connectivity index (χ1n) is 8.50. The van der Waals surface area contributed by atoms with Crippen LogP contribution in [0.5, 0.6) is 0 Å². The van der Waals surface area contributed by atoms with Gasteiger partial charge < -0.3 is 5.32 Å². The minimum atomic E-state index is 0.186. The Morgan fingerprint density at radius 3 is 2.12 bits per heavy atom. The van der Waals surface area contributed by atoms with Gasteiger partial charge in [-0.05, 0) is 57.8 Å². The molecular weight excluding hydrogens is 306 g/mol. The molecule has 0 bridgehead atoms. The van der Waals surface area contributed by atoms with Crippen LogP contribution in [0.15, 0.2) is 85.5 Å². The van der Waals surface area contributed by atoms with Crippen LogP contribution in [0.3, 0.4) is 0 Å². The molecule has 1 aliphatic rings. The van der Waals surface area contributed by atoms with Crippen LogP contribution in [-0.4, -0.2) is 9.97 Å². The summed E-state index contributed by atoms with van der Waals surface area (Å²) < 4.78 is 0. The van der Waals surface area contributed by atoms with E-state index in [-0.39, 0.29) is 12.0 Å². The summed E-state index contributed by atoms with van der Waals surface area (Å²) in [5.41, 5.74) is 5.10. The molecule has 0 unspecified atom stereocenters. The molecule has 1 N–H and O–H groups in total. The van der Waals surface area contributed by atoms with E-state index in [4.69, 9.17) is 0 Å². The smallest absolute Gasteiger partial charge is 0.0625 e. The Morgan fingerprint density at radius 1 is 0.680 bits per heavy atom. The molecule has 0 aliphatic carbocycles. The highest BCUT2D eigenvalue weighted by molar-refractivity contribution is 5.93. The number of rotatable bonds is 2. The number of nitrogens with zero attached hydrogens (tertiary/aromatic N) is 2. The van der Waals surface area contributed by atoms with Crippen molar-refractivity contribution in [1.29, 1.82) is 0 Å². The fourth-order valence-corrected chi connectivity index (χ4v) is 3.95. The first-order valence-corrected chi connectivity index (χ1v) is 8.50. The van der Waals surface area contributed by atoms with E-state index in [0.29, 0.717) is 0 Å². The molecular formula is C22H17N3. The fraction of sp³-hybridized carbons (Fsp3) is 0.0909. The van der Waals surface area contributed by atoms with Gasteiger partial charge in [0.2, 0.25) is 0 Å². The first-order chi connectivity index (χ1) is 12.4. The summed E-state index contributed by atoms with van der Waals surface area (Å²) in [6.45, 7) is 0. The van der Waals surface area contributed by atoms with Gasteiger partial charge in [-0.25, -0.2) is 0 Å². The molecule has 3 heterocycles. The third-order valence-electron chi connectivity index (χ3n) is 5.06. The molecule has 2 atom stereocenters. The van der Waals surface area contributed by atoms with Crippen molar-refractivity contribution in [3.05, 3.63) is 102 Å². The number of aromatic nitrogens is 2. The summed E-state index contributed by atoms with van der Waals surface area (Å²) in [4.78, 5) is 8.38. The first kappa shape index (κ1) is 14.2. The molecule has 0 amide bonds. The number of hydrogen-bond donors (Lipinski definition) is 1. The maximum absolute atomic E-state index is 4.20. The molecule has 2 aromatic carbocycles. The third-order valence-corrected chi connectivity index (χ3v) is 5.06. The molecule has 0 saturated heterocycles. The molecule has 4 aromatic rings. The Hall–Kier alpha value is -3.20. The molecule has 25 heavy (non-hydrogen) atoms. The van der Waals surface area contributed by atoms with Crippen LogP contribution in [0.25, 0.3) is 10.8 Å². The third kappa shape index (κ3) is 2.28. The second kappa shape index (κ2) is 5.71. The van der Waals surface area contributed by atoms with E-state index in [0.717, 1.165) is 0 Å². The molecule has 0 radical (unpaired) electrons. The number of fused-ring (bicyclic) bond motifs is 3. The van der Waals surface area contributed by atoms with E-state index < -0.39 is 0 Å². The highest BCUT2D eigenvalue weighted by atomic mass is 15.0. The van der Waals surface area contributed by atoms with Gasteiger partial charge in [0.15, 0.2) is 0 Å². The Labute approximate surface area is 146 Å². The molecule has 0 spiro atoms. The van der Waals surface area contributed by atoms with Gasteiger partial charge in [-0.15, -0.1) is 0 Å². The largest absolute Gasteiger partial charge is 0.377 e. The Balaban J connectivity index is 1.77. The molecule has 1 aliphatic heterocycles. The summed E-state index contributed by atoms with van der Waals surface area (Å²) in [7, 11) is 0. The zero-order chi connectivity index (χ0) is 16.6. The maximum Gasteiger partial charge on any atom is 0.0625 e. The normalized spacial score (nSPS) is 18.7. The summed E-state index contributed by atoms with van der Waals surface area (Å²) in [5.74, 6) is 0.242. The van der Waals surface area contributed by atoms with Crippen LogP contribution in [0.1, 0.15) is 28.7 Å². The molecule has 2 aromatic heterocycles. The van der Waals surface area contributed by atoms with Crippen LogP contribution in [0, 0.1) is 0 Å². The molecule has 0 fully saturated rings. The van der Waals surface area contributed by atoms with Crippen LogP contribution in [0.4, 0.5) is 5.69 Å². The lowest BCUT2D eigenvalue weighted by atomic mass is 9.83. The van der Waals surface area contributed by atoms with Crippen LogP contribution in [0.2, 0.25) is 0 Å². The Bertz CT molecular complexity index is 1030. The van der Waals surface area contributed by atoms with E-state index in [2.05, 4.69) is 75.9 Å². The van der Waals surface area contributed by atoms with Gasteiger partial charge >= 0.3 is 0 Å². The molecule has 3 nitrogen and oxygen atoms in total. The van der Waals surface area contributed by atoms with E-state index in [1.165, 1.54) is 33.2 Å². The standard InChI is InChI=1S/C22H17N3/c1-2-4-18-15(3-1)5-6-19-21(18)20(16-7-11-23-12-8-16)22(25-19)17-9-13-24-14-10-17/h1-14,20,22,25H/t20-,22+/m1/s1. The molecule has 5 rings (SSSR count). The quantitative estimate of drug-likeness (QED) is 0.568. The van der Waals surface area contributed by atoms with Crippen molar-refractivity contribution in [2.45, 2.75) is 12.0 Å². The summed E-state index contributed by atoms with van der Waals surface area (Å²) >= 11 is 0. The fourth-order valence-electron chi connectivity index (χ4n) is 3.95. The van der Waals surface area contributed by atoms with Crippen molar-refractivity contribution in [2.24, 2.45) is 0 Å². The van der Waals surface area contributed by atoms with E-state index in [1.54, 1.807) is 0 Å². The lowest BCUT2D eigenvalue weighted by Crippen LogP contribution is -2.13. The number of pyridine rings is 2. The molecule has 120 valence electrons. The van der Waals surface area contributed by atoms with Crippen molar-refractivity contribution in [2.75, 3.05) is 5.32 Å². The summed E-state index contributed by atoms with van der Waals surface area (Å²) in [6, 6.07) is 21.6. The van der Waals surface area contributed by atoms with Gasteiger partial charge in [0.05, 0.1) is 6.04 Å². The second-order valence-electron chi connectivity index (χ2n) is 6.41. The number of nitrogens with one attached hydrogen (secondary N) is 1. The summed E-state index contributed by atoms with van der Waals surface area (Å²) in [6.07, 6.45) is 7.48. The predicted molar refractivity (Wildman–Crippen MR) is 101 cm³/mol. The van der Waals surface area contributed by atoms with Crippen molar-refractivity contribution >= 4 is 16.5 Å². The minimum absolute atomic E-state index is 0.186. The van der Waals surface area contributed by atoms with Crippen molar-refractivity contribution in [1.82, 2.24) is 9.97 Å². The summed E-state index contributed by atoms with van der Waals surface area (Å²) in [5, 5.41) is 6.33. The van der Waals surface area contributed by atoms with E-state index >= 15 is 0 Å². The van der Waals surface area contributed by atoms with E-state index in [1.807, 2.05) is 24.8 Å². The van der Waals surface area contributed by atoms with Gasteiger partial charge in [-0.3, -0.25) is 9.97 Å². The minimum Gasteiger partial charge on any atom is -0.377 e. The van der Waals surface area contributed by atoms with Crippen LogP contribution < -0.4 is 5.32 Å². The number of hydrogen-bond acceptors (Lipinski definition) is 3. The predicted octanol–water partition coefficient (Wildman–Crippen LogP) is 4.93. The Morgan fingerprint density at radius 2 is 1.36 bits per heavy atom. The number of benzene rings is 2. The average molecular weight is 323 g/mol. The molecule has 3 heteroatoms. The topological polar surface area (TPSA) is 37.8 Å². The van der Waals surface area contributed by atoms with Crippen molar-refractivity contribution < 1.29 is 0 Å². The monoisotopic (exact) mass is 323 g/mol. The van der Waals surface area contributed by atoms with Gasteiger partial charge in [-0.1, -0.05) is 30.3 Å². The van der Waals surface area contributed by atoms with Gasteiger partial charge in [0, 0.05) is 36.4 Å². The van der Waals surface area contributed by atoms with Crippen LogP contribution in [-0.2, 0) is 0 Å². The maximum atomic E-state index is 4.20. The van der Waals surface area contributed by atoms with Crippen molar-refractivity contribution in [3.8, 4) is 0 Å². The van der Waals surface area contributed by atoms with Gasteiger partial charge in [0.1, 0.15) is 0 Å². The zero-order valence-electron chi connectivity index (χ0n) is 13.6. The second-order valence-corrected chi connectivity index (χ2v) is 6.41. The van der Waals surface area contributed by atoms with Crippen molar-refractivity contribution in [3.63, 3.8) is 0 Å². The SMILES string of the molecule is c1ccc2c3c(ccc2c1)N[C@@H](c1ccncc1)[C@@H]3c1ccncc1.